The summed E-state index contributed by atoms with van der Waals surface area (Å²) >= 11 is 0. The van der Waals surface area contributed by atoms with E-state index in [1.807, 2.05) is 0 Å². The molecule has 0 aliphatic carbocycles. The molecule has 6 atom stereocenters. The second-order valence-electron chi connectivity index (χ2n) is 8.85. The van der Waals surface area contributed by atoms with Gasteiger partial charge in [-0.1, -0.05) is 0 Å². The average Bonchev–Trinajstić information content (AvgIpc) is 3.45. The number of aromatic nitrogens is 4. The molecule has 0 saturated carbocycles. The Balaban J connectivity index is 1.75. The Labute approximate surface area is 255 Å². The van der Waals surface area contributed by atoms with Gasteiger partial charge in [0.05, 0.1) is 27.7 Å². The summed E-state index contributed by atoms with van der Waals surface area (Å²) in [4.78, 5) is 89.2. The topological polar surface area (TPSA) is 418 Å². The highest BCUT2D eigenvalue weighted by Gasteiger charge is 2.51. The van der Waals surface area contributed by atoms with E-state index in [9.17, 15) is 63.7 Å². The molecule has 1 saturated heterocycles. The van der Waals surface area contributed by atoms with Gasteiger partial charge in [0.2, 0.25) is 11.7 Å². The molecule has 1 aliphatic heterocycles. The van der Waals surface area contributed by atoms with Crippen molar-refractivity contribution in [1.82, 2.24) is 19.5 Å². The molecule has 0 bridgehead atoms. The summed E-state index contributed by atoms with van der Waals surface area (Å²) in [6, 6.07) is 1.07. The number of hydrogen-bond donors (Lipinski definition) is 7. The molecule has 0 radical (unpaired) electrons. The number of aliphatic hydroxyl groups excluding tert-OH is 1. The van der Waals surface area contributed by atoms with Crippen LogP contribution in [0.2, 0.25) is 0 Å². The maximum absolute atomic E-state index is 12.3. The number of rotatable bonds is 13. The van der Waals surface area contributed by atoms with Gasteiger partial charge in [-0.05, 0) is 6.07 Å². The Hall–Kier alpha value is -4.30. The van der Waals surface area contributed by atoms with Gasteiger partial charge in [0.15, 0.2) is 23.5 Å². The van der Waals surface area contributed by atoms with E-state index in [-0.39, 0.29) is 11.2 Å². The van der Waals surface area contributed by atoms with Crippen LogP contribution in [0, 0.1) is 30.3 Å². The number of nitrogens with one attached hydrogen (secondary N) is 1. The zero-order valence-corrected chi connectivity index (χ0v) is 24.9. The number of aromatic amines is 1. The number of fused-ring (bicyclic) bond motifs is 1. The molecule has 0 spiro atoms. The van der Waals surface area contributed by atoms with Crippen LogP contribution in [0.1, 0.15) is 6.23 Å². The molecule has 47 heavy (non-hydrogen) atoms. The van der Waals surface area contributed by atoms with Crippen molar-refractivity contribution in [2.24, 2.45) is 0 Å². The van der Waals surface area contributed by atoms with Crippen molar-refractivity contribution in [2.75, 3.05) is 12.3 Å². The van der Waals surface area contributed by atoms with Crippen molar-refractivity contribution in [3.05, 3.63) is 59.2 Å². The fourth-order valence-corrected chi connectivity index (χ4v) is 7.13. The average molecular weight is 734 g/mol. The lowest BCUT2D eigenvalue weighted by Gasteiger charge is -2.22. The first-order valence-corrected chi connectivity index (χ1v) is 16.2. The van der Waals surface area contributed by atoms with Gasteiger partial charge in [-0.2, -0.15) is 13.6 Å². The standard InChI is InChI=1S/C16H17N8O20P3/c17-16-19-13-8(14(26)20-16)18-4-21(13)15-12(41-6-2-1-5(22(27)28)9(23(29)30)10(6)24(31)32)11(25)7(42-15)3-40-46(36,37)44-47(38,39)43-45(33,34)35/h1-2,4,7,11-12,15,25H,3H2,(H,36,37)(H,38,39)(H2,33,34,35)(H3,17,19,20,26)/t7-,11-,12-,15-/m1/s1. The number of anilines is 1. The van der Waals surface area contributed by atoms with Crippen LogP contribution in [0.15, 0.2) is 23.3 Å². The molecule has 1 aliphatic rings. The highest BCUT2D eigenvalue weighted by atomic mass is 31.3. The van der Waals surface area contributed by atoms with Crippen LogP contribution in [0.4, 0.5) is 23.0 Å². The number of imidazole rings is 1. The summed E-state index contributed by atoms with van der Waals surface area (Å²) in [5.74, 6) is -1.50. The second-order valence-corrected chi connectivity index (χ2v) is 13.3. The lowest BCUT2D eigenvalue weighted by atomic mass is 10.1. The van der Waals surface area contributed by atoms with Crippen molar-refractivity contribution < 1.29 is 75.8 Å². The minimum Gasteiger partial charge on any atom is -0.476 e. The fraction of sp³-hybridized carbons (Fsp3) is 0.312. The Morgan fingerprint density at radius 2 is 1.64 bits per heavy atom. The molecule has 3 aromatic rings. The molecule has 8 N–H and O–H groups in total. The first-order chi connectivity index (χ1) is 21.6. The van der Waals surface area contributed by atoms with Crippen molar-refractivity contribution in [1.29, 1.82) is 0 Å². The monoisotopic (exact) mass is 734 g/mol. The van der Waals surface area contributed by atoms with E-state index in [1.54, 1.807) is 0 Å². The lowest BCUT2D eigenvalue weighted by molar-refractivity contribution is -0.441. The minimum absolute atomic E-state index is 0.366. The maximum atomic E-state index is 12.3. The fourth-order valence-electron chi connectivity index (χ4n) is 4.10. The highest BCUT2D eigenvalue weighted by molar-refractivity contribution is 7.66. The summed E-state index contributed by atoms with van der Waals surface area (Å²) in [6.07, 6.45) is -7.01. The zero-order chi connectivity index (χ0) is 35.2. The molecule has 31 heteroatoms. The van der Waals surface area contributed by atoms with Crippen molar-refractivity contribution >= 4 is 57.6 Å². The van der Waals surface area contributed by atoms with Crippen LogP contribution in [0.5, 0.6) is 5.75 Å². The molecular formula is C16H17N8O20P3. The molecule has 2 aromatic heterocycles. The number of nitrogens with two attached hydrogens (primary N) is 1. The SMILES string of the molecule is Nc1nc2c(ncn2[C@@H]2O[C@H](COP(=O)(O)OP(=O)(O)OP(=O)(O)O)[C@@H](O)[C@H]2Oc2ccc([N+](=O)[O-])c([N+](=O)[O-])c2[N+](=O)[O-])c(=O)[nH]1. The number of nitrogen functional groups attached to an aromatic ring is 1. The summed E-state index contributed by atoms with van der Waals surface area (Å²) in [5.41, 5.74) is -0.519. The number of nitro groups is 3. The molecule has 4 rings (SSSR count). The van der Waals surface area contributed by atoms with Crippen molar-refractivity contribution in [3.63, 3.8) is 0 Å². The number of phosphoric acid groups is 3. The summed E-state index contributed by atoms with van der Waals surface area (Å²) < 4.78 is 58.3. The predicted octanol–water partition coefficient (Wildman–Crippen LogP) is -0.524. The van der Waals surface area contributed by atoms with Gasteiger partial charge in [-0.3, -0.25) is 49.2 Å². The molecule has 1 fully saturated rings. The van der Waals surface area contributed by atoms with E-state index in [0.717, 1.165) is 10.9 Å². The number of aliphatic hydroxyl groups is 1. The number of nitro benzene ring substituents is 3. The summed E-state index contributed by atoms with van der Waals surface area (Å²) in [5, 5.41) is 45.8. The lowest BCUT2D eigenvalue weighted by Crippen LogP contribution is -2.38. The maximum Gasteiger partial charge on any atom is 0.490 e. The number of hydrogen-bond acceptors (Lipinski definition) is 19. The van der Waals surface area contributed by atoms with Gasteiger partial charge in [0, 0.05) is 6.07 Å². The second kappa shape index (κ2) is 12.7. The Bertz CT molecular complexity index is 1980. The first kappa shape index (κ1) is 35.6. The Morgan fingerprint density at radius 3 is 2.21 bits per heavy atom. The molecular weight excluding hydrogens is 717 g/mol. The highest BCUT2D eigenvalue weighted by Crippen LogP contribution is 2.66. The first-order valence-electron chi connectivity index (χ1n) is 11.7. The van der Waals surface area contributed by atoms with Crippen molar-refractivity contribution in [2.45, 2.75) is 24.5 Å². The van der Waals surface area contributed by atoms with Gasteiger partial charge >= 0.3 is 40.5 Å². The zero-order valence-electron chi connectivity index (χ0n) is 22.2. The Kier molecular flexibility index (Phi) is 9.62. The number of phosphoric ester groups is 1. The van der Waals surface area contributed by atoms with Gasteiger partial charge in [0.25, 0.3) is 5.56 Å². The third-order valence-corrected chi connectivity index (χ3v) is 9.58. The number of ether oxygens (including phenoxy) is 2. The molecule has 28 nitrogen and oxygen atoms in total. The molecule has 3 heterocycles. The third kappa shape index (κ3) is 7.82. The van der Waals surface area contributed by atoms with E-state index in [1.165, 1.54) is 0 Å². The largest absolute Gasteiger partial charge is 0.490 e. The van der Waals surface area contributed by atoms with Gasteiger partial charge in [-0.25, -0.2) is 18.7 Å². The van der Waals surface area contributed by atoms with Crippen molar-refractivity contribution in [3.8, 4) is 5.75 Å². The van der Waals surface area contributed by atoms with E-state index in [0.29, 0.717) is 12.1 Å². The van der Waals surface area contributed by atoms with Crippen LogP contribution >= 0.6 is 23.5 Å². The van der Waals surface area contributed by atoms with Gasteiger partial charge in [-0.15, -0.1) is 0 Å². The van der Waals surface area contributed by atoms with Gasteiger partial charge in [0.1, 0.15) is 12.2 Å². The quantitative estimate of drug-likeness (QED) is 0.0659. The smallest absolute Gasteiger partial charge is 0.476 e. The van der Waals surface area contributed by atoms with E-state index >= 15 is 0 Å². The van der Waals surface area contributed by atoms with Crippen LogP contribution in [-0.4, -0.2) is 83.9 Å². The van der Waals surface area contributed by atoms with Crippen LogP contribution in [0.25, 0.3) is 11.2 Å². The normalized spacial score (nSPS) is 22.4. The predicted molar refractivity (Wildman–Crippen MR) is 143 cm³/mol. The van der Waals surface area contributed by atoms with E-state index < -0.39 is 104 Å². The number of benzene rings is 1. The Morgan fingerprint density at radius 1 is 1.00 bits per heavy atom. The van der Waals surface area contributed by atoms with Crippen LogP contribution in [-0.2, 0) is 31.6 Å². The van der Waals surface area contributed by atoms with E-state index in [2.05, 4.69) is 28.1 Å². The number of nitrogens with zero attached hydrogens (tertiary/aromatic N) is 6. The molecule has 1 aromatic carbocycles. The van der Waals surface area contributed by atoms with Crippen LogP contribution in [0.3, 0.4) is 0 Å². The molecule has 256 valence electrons. The molecule has 2 unspecified atom stereocenters. The van der Waals surface area contributed by atoms with E-state index in [4.69, 9.17) is 25.0 Å². The van der Waals surface area contributed by atoms with Crippen LogP contribution < -0.4 is 16.0 Å². The van der Waals surface area contributed by atoms with Gasteiger partial charge < -0.3 is 39.9 Å². The minimum atomic E-state index is -5.96. The third-order valence-electron chi connectivity index (χ3n) is 5.77. The summed E-state index contributed by atoms with van der Waals surface area (Å²) in [6.45, 7) is -1.30. The summed E-state index contributed by atoms with van der Waals surface area (Å²) in [7, 11) is -17.5. The molecule has 0 amide bonds. The number of H-pyrrole nitrogens is 1.